The number of anilines is 1. The summed E-state index contributed by atoms with van der Waals surface area (Å²) in [5, 5.41) is 0. The molecule has 0 spiro atoms. The van der Waals surface area contributed by atoms with Crippen molar-refractivity contribution >= 4 is 21.6 Å². The predicted octanol–water partition coefficient (Wildman–Crippen LogP) is 2.86. The van der Waals surface area contributed by atoms with Crippen LogP contribution in [0.1, 0.15) is 36.8 Å². The molecule has 8 heteroatoms. The lowest BCUT2D eigenvalue weighted by Crippen LogP contribution is -2.46. The fraction of sp³-hybridized carbons (Fsp3) is 0.519. The van der Waals surface area contributed by atoms with E-state index in [9.17, 15) is 13.2 Å². The van der Waals surface area contributed by atoms with Gasteiger partial charge in [0.25, 0.3) is 0 Å². The van der Waals surface area contributed by atoms with Crippen molar-refractivity contribution in [2.24, 2.45) is 5.92 Å². The van der Waals surface area contributed by atoms with Crippen LogP contribution in [0.2, 0.25) is 0 Å². The van der Waals surface area contributed by atoms with E-state index in [0.717, 1.165) is 76.2 Å². The molecule has 2 aromatic rings. The highest BCUT2D eigenvalue weighted by Gasteiger charge is 2.33. The number of benzene rings is 2. The van der Waals surface area contributed by atoms with E-state index in [4.69, 9.17) is 0 Å². The number of nitrogens with one attached hydrogen (secondary N) is 1. The van der Waals surface area contributed by atoms with Crippen molar-refractivity contribution in [2.75, 3.05) is 50.7 Å². The molecule has 2 aliphatic heterocycles. The first-order valence-corrected chi connectivity index (χ1v) is 14.4. The molecule has 2 heterocycles. The Labute approximate surface area is 209 Å². The van der Waals surface area contributed by atoms with Gasteiger partial charge < -0.3 is 9.80 Å². The molecule has 0 aromatic heterocycles. The highest BCUT2D eigenvalue weighted by molar-refractivity contribution is 7.89. The minimum Gasteiger partial charge on any atom is -0.312 e. The molecular formula is C27H36N4O3S. The summed E-state index contributed by atoms with van der Waals surface area (Å²) < 4.78 is 28.5. The van der Waals surface area contributed by atoms with Crippen molar-refractivity contribution in [3.05, 3.63) is 59.7 Å². The topological polar surface area (TPSA) is 73.0 Å². The summed E-state index contributed by atoms with van der Waals surface area (Å²) in [6, 6.07) is 15.8. The van der Waals surface area contributed by atoms with Crippen LogP contribution in [0.3, 0.4) is 0 Å². The van der Waals surface area contributed by atoms with Crippen molar-refractivity contribution in [3.8, 4) is 0 Å². The molecule has 1 saturated heterocycles. The average Bonchev–Trinajstić information content (AvgIpc) is 3.26. The molecule has 5 rings (SSSR count). The van der Waals surface area contributed by atoms with Crippen LogP contribution in [0, 0.1) is 5.92 Å². The highest BCUT2D eigenvalue weighted by Crippen LogP contribution is 2.35. The molecule has 1 N–H and O–H groups in total. The maximum Gasteiger partial charge on any atom is 0.240 e. The van der Waals surface area contributed by atoms with Crippen LogP contribution in [-0.4, -0.2) is 69.9 Å². The zero-order chi connectivity index (χ0) is 24.3. The number of piperazine rings is 1. The van der Waals surface area contributed by atoms with Crippen molar-refractivity contribution in [3.63, 3.8) is 0 Å². The molecule has 1 amide bonds. The van der Waals surface area contributed by atoms with Crippen LogP contribution in [0.5, 0.6) is 0 Å². The van der Waals surface area contributed by atoms with Crippen molar-refractivity contribution < 1.29 is 13.2 Å². The first-order chi connectivity index (χ1) is 17.0. The van der Waals surface area contributed by atoms with E-state index < -0.39 is 10.0 Å². The second kappa shape index (κ2) is 10.8. The fourth-order valence-corrected chi connectivity index (χ4v) is 6.38. The standard InChI is InChI=1S/C27H36N4O3S/c32-27(23-8-4-9-23)31-15-12-24-20-25(10-11-26(24)31)35(33,34)28-13-5-14-29-16-18-30(19-17-29)21-22-6-2-1-3-7-22/h1-3,6-7,10-11,20,23,28H,4-5,8-9,12-19,21H2. The number of amides is 1. The van der Waals surface area contributed by atoms with Crippen LogP contribution in [0.4, 0.5) is 5.69 Å². The number of fused-ring (bicyclic) bond motifs is 1. The summed E-state index contributed by atoms with van der Waals surface area (Å²) in [6.07, 6.45) is 4.58. The lowest BCUT2D eigenvalue weighted by molar-refractivity contribution is -0.124. The minimum absolute atomic E-state index is 0.151. The quantitative estimate of drug-likeness (QED) is 0.541. The zero-order valence-corrected chi connectivity index (χ0v) is 21.2. The molecule has 0 radical (unpaired) electrons. The van der Waals surface area contributed by atoms with Crippen molar-refractivity contribution in [2.45, 2.75) is 43.5 Å². The van der Waals surface area contributed by atoms with E-state index in [-0.39, 0.29) is 11.8 Å². The zero-order valence-electron chi connectivity index (χ0n) is 20.4. The van der Waals surface area contributed by atoms with Gasteiger partial charge in [-0.3, -0.25) is 9.69 Å². The van der Waals surface area contributed by atoms with E-state index in [1.165, 1.54) is 5.56 Å². The van der Waals surface area contributed by atoms with Gasteiger partial charge in [0.15, 0.2) is 0 Å². The summed E-state index contributed by atoms with van der Waals surface area (Å²) in [5.41, 5.74) is 3.18. The third kappa shape index (κ3) is 5.77. The Kier molecular flexibility index (Phi) is 7.53. The summed E-state index contributed by atoms with van der Waals surface area (Å²) in [4.78, 5) is 19.7. The fourth-order valence-electron chi connectivity index (χ4n) is 5.25. The number of nitrogens with zero attached hydrogens (tertiary/aromatic N) is 3. The van der Waals surface area contributed by atoms with Gasteiger partial charge in [-0.25, -0.2) is 13.1 Å². The molecular weight excluding hydrogens is 460 g/mol. The van der Waals surface area contributed by atoms with E-state index in [1.54, 1.807) is 12.1 Å². The Bertz CT molecular complexity index is 1130. The smallest absolute Gasteiger partial charge is 0.240 e. The number of carbonyl (C=O) groups is 1. The largest absolute Gasteiger partial charge is 0.312 e. The first-order valence-electron chi connectivity index (χ1n) is 12.9. The number of rotatable bonds is 9. The summed E-state index contributed by atoms with van der Waals surface area (Å²) in [5.74, 6) is 0.350. The van der Waals surface area contributed by atoms with E-state index in [0.29, 0.717) is 24.4 Å². The van der Waals surface area contributed by atoms with Crippen LogP contribution in [0.15, 0.2) is 53.4 Å². The minimum atomic E-state index is -3.56. The monoisotopic (exact) mass is 496 g/mol. The molecule has 0 unspecified atom stereocenters. The maximum atomic E-state index is 12.9. The van der Waals surface area contributed by atoms with Gasteiger partial charge in [-0.1, -0.05) is 36.8 Å². The van der Waals surface area contributed by atoms with Crippen molar-refractivity contribution in [1.82, 2.24) is 14.5 Å². The maximum absolute atomic E-state index is 12.9. The second-order valence-electron chi connectivity index (χ2n) is 10.0. The molecule has 3 aliphatic rings. The number of hydrogen-bond acceptors (Lipinski definition) is 5. The Morgan fingerprint density at radius 2 is 1.69 bits per heavy atom. The lowest BCUT2D eigenvalue weighted by Gasteiger charge is -2.34. The number of sulfonamides is 1. The molecule has 0 atom stereocenters. The third-order valence-electron chi connectivity index (χ3n) is 7.63. The molecule has 7 nitrogen and oxygen atoms in total. The van der Waals surface area contributed by atoms with Gasteiger partial charge in [0.2, 0.25) is 15.9 Å². The SMILES string of the molecule is O=C(C1CCC1)N1CCc2cc(S(=O)(=O)NCCCN3CCN(Cc4ccccc4)CC3)ccc21. The molecule has 1 aliphatic carbocycles. The molecule has 0 bridgehead atoms. The van der Waals surface area contributed by atoms with Crippen LogP contribution in [-0.2, 0) is 27.8 Å². The number of hydrogen-bond donors (Lipinski definition) is 1. The summed E-state index contributed by atoms with van der Waals surface area (Å²) in [6.45, 7) is 7.06. The van der Waals surface area contributed by atoms with Gasteiger partial charge in [0.1, 0.15) is 0 Å². The van der Waals surface area contributed by atoms with Crippen LogP contribution in [0.25, 0.3) is 0 Å². The summed E-state index contributed by atoms with van der Waals surface area (Å²) >= 11 is 0. The van der Waals surface area contributed by atoms with Crippen molar-refractivity contribution in [1.29, 1.82) is 0 Å². The van der Waals surface area contributed by atoms with Gasteiger partial charge in [0.05, 0.1) is 4.90 Å². The van der Waals surface area contributed by atoms with E-state index in [1.807, 2.05) is 17.0 Å². The molecule has 35 heavy (non-hydrogen) atoms. The lowest BCUT2D eigenvalue weighted by atomic mass is 9.84. The molecule has 2 aromatic carbocycles. The normalized spacial score (nSPS) is 19.5. The molecule has 2 fully saturated rings. The highest BCUT2D eigenvalue weighted by atomic mass is 32.2. The predicted molar refractivity (Wildman–Crippen MR) is 138 cm³/mol. The first kappa shape index (κ1) is 24.4. The van der Waals surface area contributed by atoms with E-state index >= 15 is 0 Å². The Morgan fingerprint density at radius 1 is 0.943 bits per heavy atom. The number of carbonyl (C=O) groups excluding carboxylic acids is 1. The van der Waals surface area contributed by atoms with Gasteiger partial charge in [-0.2, -0.15) is 0 Å². The van der Waals surface area contributed by atoms with Crippen LogP contribution < -0.4 is 9.62 Å². The molecule has 188 valence electrons. The molecule has 1 saturated carbocycles. The van der Waals surface area contributed by atoms with Crippen LogP contribution >= 0.6 is 0 Å². The van der Waals surface area contributed by atoms with Gasteiger partial charge in [0, 0.05) is 57.4 Å². The third-order valence-corrected chi connectivity index (χ3v) is 9.09. The van der Waals surface area contributed by atoms with Gasteiger partial charge in [-0.05, 0) is 61.6 Å². The van der Waals surface area contributed by atoms with Gasteiger partial charge >= 0.3 is 0 Å². The van der Waals surface area contributed by atoms with E-state index in [2.05, 4.69) is 38.8 Å². The average molecular weight is 497 g/mol. The Balaban J connectivity index is 1.06. The summed E-state index contributed by atoms with van der Waals surface area (Å²) in [7, 11) is -3.56. The second-order valence-corrected chi connectivity index (χ2v) is 11.8. The van der Waals surface area contributed by atoms with Gasteiger partial charge in [-0.15, -0.1) is 0 Å². The Hall–Kier alpha value is -2.26. The Morgan fingerprint density at radius 3 is 2.40 bits per heavy atom.